The predicted molar refractivity (Wildman–Crippen MR) is 175 cm³/mol. The number of aromatic nitrogens is 4. The Morgan fingerprint density at radius 3 is 2.29 bits per heavy atom. The highest BCUT2D eigenvalue weighted by molar-refractivity contribution is 7.92. The molecule has 1 fully saturated rings. The molecule has 0 bridgehead atoms. The van der Waals surface area contributed by atoms with Gasteiger partial charge in [-0.15, -0.1) is 0 Å². The lowest BCUT2D eigenvalue weighted by atomic mass is 10.0. The Hall–Kier alpha value is -4.34. The van der Waals surface area contributed by atoms with Gasteiger partial charge >= 0.3 is 6.18 Å². The maximum absolute atomic E-state index is 14.5. The van der Waals surface area contributed by atoms with E-state index in [1.807, 2.05) is 18.7 Å². The van der Waals surface area contributed by atoms with Crippen molar-refractivity contribution in [2.45, 2.75) is 55.0 Å². The quantitative estimate of drug-likeness (QED) is 0.197. The number of benzene rings is 2. The van der Waals surface area contributed by atoms with E-state index in [4.69, 9.17) is 9.72 Å². The molecule has 252 valence electrons. The Morgan fingerprint density at radius 1 is 0.917 bits per heavy atom. The molecule has 0 amide bonds. The summed E-state index contributed by atoms with van der Waals surface area (Å²) in [6.07, 6.45) is -2.10. The van der Waals surface area contributed by atoms with Gasteiger partial charge in [0.1, 0.15) is 5.82 Å². The van der Waals surface area contributed by atoms with E-state index >= 15 is 0 Å². The number of alkyl halides is 3. The van der Waals surface area contributed by atoms with Crippen molar-refractivity contribution >= 4 is 36.7 Å². The van der Waals surface area contributed by atoms with Gasteiger partial charge in [0.2, 0.25) is 0 Å². The van der Waals surface area contributed by atoms with Crippen LogP contribution in [0.3, 0.4) is 0 Å². The third-order valence-electron chi connectivity index (χ3n) is 8.27. The van der Waals surface area contributed by atoms with Crippen LogP contribution in [0.15, 0.2) is 82.8 Å². The lowest BCUT2D eigenvalue weighted by molar-refractivity contribution is -0.137. The number of halogens is 3. The summed E-state index contributed by atoms with van der Waals surface area (Å²) in [7, 11) is -8.00. The van der Waals surface area contributed by atoms with Crippen LogP contribution < -0.4 is 4.90 Å². The number of sulfone groups is 1. The molecule has 48 heavy (non-hydrogen) atoms. The summed E-state index contributed by atoms with van der Waals surface area (Å²) in [6.45, 7) is 7.73. The van der Waals surface area contributed by atoms with E-state index in [2.05, 4.69) is 9.97 Å². The summed E-state index contributed by atoms with van der Waals surface area (Å²) in [4.78, 5) is 15.3. The van der Waals surface area contributed by atoms with Crippen LogP contribution in [0.25, 0.3) is 33.7 Å². The molecule has 0 aliphatic carbocycles. The van der Waals surface area contributed by atoms with Crippen molar-refractivity contribution in [1.82, 2.24) is 18.9 Å². The topological polar surface area (TPSA) is 124 Å². The van der Waals surface area contributed by atoms with Gasteiger partial charge in [0.15, 0.2) is 21.3 Å². The van der Waals surface area contributed by atoms with Gasteiger partial charge in [0.25, 0.3) is 10.0 Å². The van der Waals surface area contributed by atoms with Gasteiger partial charge in [0.05, 0.1) is 45.6 Å². The van der Waals surface area contributed by atoms with E-state index in [-0.39, 0.29) is 33.0 Å². The molecule has 0 radical (unpaired) electrons. The van der Waals surface area contributed by atoms with Crippen molar-refractivity contribution in [2.24, 2.45) is 0 Å². The zero-order chi connectivity index (χ0) is 34.6. The maximum Gasteiger partial charge on any atom is 0.417 e. The van der Waals surface area contributed by atoms with Gasteiger partial charge in [-0.25, -0.2) is 35.8 Å². The van der Waals surface area contributed by atoms with Crippen molar-refractivity contribution in [3.05, 3.63) is 84.2 Å². The number of pyridine rings is 1. The number of ether oxygens (including phenoxy) is 1. The zero-order valence-corrected chi connectivity index (χ0v) is 28.1. The molecule has 5 aromatic rings. The molecular formula is C33H32F3N5O5S2. The smallest absolute Gasteiger partial charge is 0.377 e. The Morgan fingerprint density at radius 2 is 1.62 bits per heavy atom. The Labute approximate surface area is 276 Å². The Balaban J connectivity index is 1.59. The summed E-state index contributed by atoms with van der Waals surface area (Å²) in [5.74, 6) is 0.303. The van der Waals surface area contributed by atoms with Crippen LogP contribution >= 0.6 is 0 Å². The van der Waals surface area contributed by atoms with E-state index < -0.39 is 42.4 Å². The number of hydrogen-bond donors (Lipinski definition) is 0. The van der Waals surface area contributed by atoms with Crippen molar-refractivity contribution in [3.8, 4) is 22.6 Å². The SMILES string of the molecule is Cc1ccc(S(=O)(=O)n2ccc3c(-c4nc(-c5cc(S(=O)(=O)C(C)C)ccc5C(F)(F)F)cc(N5CCOC[C@H]5C)n4)ccnc32)cc1. The number of hydrogen-bond acceptors (Lipinski definition) is 9. The fourth-order valence-corrected chi connectivity index (χ4v) is 7.95. The standard InChI is InChI=1S/C33H32F3N5O5S2/c1-20(2)47(42,43)24-9-10-28(33(34,35)36)27(17-24)29-18-30(40-15-16-46-19-22(40)4)39-31(38-29)25-11-13-37-32-26(25)12-14-41(32)48(44,45)23-7-5-21(3)6-8-23/h5-14,17-18,20,22H,15-16,19H2,1-4H3/t22-/m1/s1. The van der Waals surface area contributed by atoms with Gasteiger partial charge in [0, 0.05) is 41.5 Å². The average Bonchev–Trinajstić information content (AvgIpc) is 3.50. The minimum absolute atomic E-state index is 0.00400. The third kappa shape index (κ3) is 6.05. The summed E-state index contributed by atoms with van der Waals surface area (Å²) in [5, 5.41) is -0.531. The van der Waals surface area contributed by atoms with Crippen LogP contribution in [0.5, 0.6) is 0 Å². The Kier molecular flexibility index (Phi) is 8.58. The molecule has 3 aromatic heterocycles. The fourth-order valence-electron chi connectivity index (χ4n) is 5.57. The Bertz CT molecular complexity index is 2240. The van der Waals surface area contributed by atoms with Gasteiger partial charge in [-0.2, -0.15) is 13.2 Å². The molecule has 1 saturated heterocycles. The number of anilines is 1. The first-order valence-corrected chi connectivity index (χ1v) is 18.1. The number of aryl methyl sites for hydroxylation is 1. The van der Waals surface area contributed by atoms with Gasteiger partial charge < -0.3 is 9.64 Å². The first kappa shape index (κ1) is 33.6. The molecule has 10 nitrogen and oxygen atoms in total. The van der Waals surface area contributed by atoms with E-state index in [0.29, 0.717) is 36.5 Å². The molecule has 1 aliphatic rings. The maximum atomic E-state index is 14.5. The van der Waals surface area contributed by atoms with Gasteiger partial charge in [-0.1, -0.05) is 17.7 Å². The van der Waals surface area contributed by atoms with Gasteiger partial charge in [-0.3, -0.25) is 0 Å². The number of rotatable bonds is 7. The molecule has 0 N–H and O–H groups in total. The van der Waals surface area contributed by atoms with Crippen LogP contribution in [0.2, 0.25) is 0 Å². The summed E-state index contributed by atoms with van der Waals surface area (Å²) < 4.78 is 103. The molecule has 0 unspecified atom stereocenters. The van der Waals surface area contributed by atoms with Crippen LogP contribution in [0.1, 0.15) is 31.9 Å². The molecule has 6 rings (SSSR count). The molecule has 0 saturated carbocycles. The molecule has 1 aliphatic heterocycles. The highest BCUT2D eigenvalue weighted by Gasteiger charge is 2.36. The van der Waals surface area contributed by atoms with Crippen molar-refractivity contribution < 1.29 is 34.7 Å². The monoisotopic (exact) mass is 699 g/mol. The largest absolute Gasteiger partial charge is 0.417 e. The minimum Gasteiger partial charge on any atom is -0.377 e. The number of nitrogens with zero attached hydrogens (tertiary/aromatic N) is 5. The highest BCUT2D eigenvalue weighted by atomic mass is 32.2. The van der Waals surface area contributed by atoms with Crippen LogP contribution in [-0.2, 0) is 30.8 Å². The fraction of sp³-hybridized carbons (Fsp3) is 0.303. The molecular weight excluding hydrogens is 668 g/mol. The average molecular weight is 700 g/mol. The molecule has 4 heterocycles. The van der Waals surface area contributed by atoms with Crippen LogP contribution in [0, 0.1) is 6.92 Å². The second-order valence-corrected chi connectivity index (χ2v) is 16.2. The van der Waals surface area contributed by atoms with E-state index in [1.165, 1.54) is 50.5 Å². The second-order valence-electron chi connectivity index (χ2n) is 11.9. The van der Waals surface area contributed by atoms with Crippen LogP contribution in [0.4, 0.5) is 19.0 Å². The molecule has 0 spiro atoms. The molecule has 1 atom stereocenters. The lowest BCUT2D eigenvalue weighted by Gasteiger charge is -2.34. The second kappa shape index (κ2) is 12.3. The van der Waals surface area contributed by atoms with E-state index in [9.17, 15) is 30.0 Å². The normalized spacial score (nSPS) is 16.2. The minimum atomic E-state index is -4.83. The predicted octanol–water partition coefficient (Wildman–Crippen LogP) is 6.13. The first-order chi connectivity index (χ1) is 22.6. The number of morpholine rings is 1. The van der Waals surface area contributed by atoms with E-state index in [0.717, 1.165) is 27.7 Å². The summed E-state index contributed by atoms with van der Waals surface area (Å²) >= 11 is 0. The van der Waals surface area contributed by atoms with Crippen LogP contribution in [-0.4, -0.2) is 66.8 Å². The van der Waals surface area contributed by atoms with Crippen molar-refractivity contribution in [2.75, 3.05) is 24.7 Å². The van der Waals surface area contributed by atoms with E-state index in [1.54, 1.807) is 18.2 Å². The van der Waals surface area contributed by atoms with Gasteiger partial charge in [-0.05, 0) is 70.2 Å². The number of fused-ring (bicyclic) bond motifs is 1. The highest BCUT2D eigenvalue weighted by Crippen LogP contribution is 2.40. The lowest BCUT2D eigenvalue weighted by Crippen LogP contribution is -2.44. The van der Waals surface area contributed by atoms with Crippen molar-refractivity contribution in [1.29, 1.82) is 0 Å². The zero-order valence-electron chi connectivity index (χ0n) is 26.4. The van der Waals surface area contributed by atoms with Crippen molar-refractivity contribution in [3.63, 3.8) is 0 Å². The molecule has 15 heteroatoms. The first-order valence-electron chi connectivity index (χ1n) is 15.1. The summed E-state index contributed by atoms with van der Waals surface area (Å²) in [5.41, 5.74) is -0.370. The molecule has 2 aromatic carbocycles. The third-order valence-corrected chi connectivity index (χ3v) is 12.1. The summed E-state index contributed by atoms with van der Waals surface area (Å²) in [6, 6.07) is 13.4.